The molecule has 2 aromatic rings. The number of hydrogen-bond donors (Lipinski definition) is 1. The molecule has 1 aromatic heterocycles. The van der Waals surface area contributed by atoms with Crippen LogP contribution in [-0.2, 0) is 9.53 Å². The van der Waals surface area contributed by atoms with Crippen LogP contribution in [0.5, 0.6) is 5.75 Å². The Bertz CT molecular complexity index is 1040. The van der Waals surface area contributed by atoms with Gasteiger partial charge in [0.05, 0.1) is 12.2 Å². The van der Waals surface area contributed by atoms with E-state index in [-0.39, 0.29) is 24.4 Å². The molecule has 0 unspecified atom stereocenters. The van der Waals surface area contributed by atoms with Crippen LogP contribution in [-0.4, -0.2) is 25.1 Å². The van der Waals surface area contributed by atoms with Gasteiger partial charge >= 0.3 is 5.97 Å². The Balaban J connectivity index is 2.35. The topological polar surface area (TPSA) is 112 Å². The van der Waals surface area contributed by atoms with Gasteiger partial charge in [0.25, 0.3) is 5.91 Å². The van der Waals surface area contributed by atoms with Gasteiger partial charge in [-0.1, -0.05) is 18.2 Å². The molecule has 2 rings (SSSR count). The number of nitriles is 2. The van der Waals surface area contributed by atoms with Crippen molar-refractivity contribution in [1.82, 2.24) is 0 Å². The molecule has 0 radical (unpaired) electrons. The number of thiophene rings is 1. The number of carbonyl (C=O) groups is 2. The van der Waals surface area contributed by atoms with Crippen molar-refractivity contribution in [1.29, 1.82) is 10.5 Å². The molecule has 0 fully saturated rings. The number of benzene rings is 1. The van der Waals surface area contributed by atoms with Gasteiger partial charge in [0, 0.05) is 10.4 Å². The number of nitrogens with one attached hydrogen (secondary N) is 1. The molecule has 7 nitrogen and oxygen atoms in total. The molecule has 0 atom stereocenters. The van der Waals surface area contributed by atoms with Gasteiger partial charge in [-0.05, 0) is 38.5 Å². The zero-order valence-corrected chi connectivity index (χ0v) is 17.1. The summed E-state index contributed by atoms with van der Waals surface area (Å²) < 4.78 is 10.4. The quantitative estimate of drug-likeness (QED) is 0.420. The standard InChI is InChI=1S/C21H19N3O4S/c1-4-27-21(26)18-13(2)14(3)29-20(18)24-19(25)16(12-23)11-15-7-5-6-8-17(15)28-10-9-22/h5-8,11H,4,10H2,1-3H3,(H,24,25)/b16-11+. The Kier molecular flexibility index (Phi) is 7.53. The van der Waals surface area contributed by atoms with Gasteiger partial charge in [0.15, 0.2) is 6.61 Å². The second-order valence-corrected chi connectivity index (χ2v) is 7.04. The third-order valence-corrected chi connectivity index (χ3v) is 5.09. The molecule has 0 aliphatic rings. The third-order valence-electron chi connectivity index (χ3n) is 3.97. The van der Waals surface area contributed by atoms with Crippen LogP contribution in [0.15, 0.2) is 29.8 Å². The molecule has 0 spiro atoms. The van der Waals surface area contributed by atoms with Crippen LogP contribution in [0.25, 0.3) is 6.08 Å². The van der Waals surface area contributed by atoms with Crippen LogP contribution in [0, 0.1) is 36.5 Å². The van der Waals surface area contributed by atoms with Crippen molar-refractivity contribution in [3.05, 3.63) is 51.4 Å². The number of hydrogen-bond acceptors (Lipinski definition) is 7. The van der Waals surface area contributed by atoms with Crippen molar-refractivity contribution in [3.63, 3.8) is 0 Å². The number of aryl methyl sites for hydroxylation is 1. The summed E-state index contributed by atoms with van der Waals surface area (Å²) in [5, 5.41) is 21.1. The molecular formula is C21H19N3O4S. The van der Waals surface area contributed by atoms with Gasteiger partial charge in [-0.3, -0.25) is 4.79 Å². The highest BCUT2D eigenvalue weighted by atomic mass is 32.1. The fourth-order valence-electron chi connectivity index (χ4n) is 2.48. The van der Waals surface area contributed by atoms with E-state index in [0.717, 1.165) is 10.4 Å². The molecule has 0 bridgehead atoms. The van der Waals surface area contributed by atoms with Gasteiger partial charge in [-0.15, -0.1) is 11.3 Å². The van der Waals surface area contributed by atoms with E-state index in [1.807, 2.05) is 19.1 Å². The number of carbonyl (C=O) groups excluding carboxylic acids is 2. The summed E-state index contributed by atoms with van der Waals surface area (Å²) >= 11 is 1.24. The van der Waals surface area contributed by atoms with Crippen LogP contribution in [0.4, 0.5) is 5.00 Å². The molecule has 0 saturated heterocycles. The minimum atomic E-state index is -0.658. The van der Waals surface area contributed by atoms with E-state index in [1.54, 1.807) is 38.1 Å². The molecule has 148 valence electrons. The monoisotopic (exact) mass is 409 g/mol. The number of amides is 1. The molecule has 0 aliphatic heterocycles. The summed E-state index contributed by atoms with van der Waals surface area (Å²) in [6, 6.07) is 10.5. The lowest BCUT2D eigenvalue weighted by Crippen LogP contribution is -2.16. The van der Waals surface area contributed by atoms with Gasteiger partial charge in [0.2, 0.25) is 0 Å². The van der Waals surface area contributed by atoms with E-state index in [4.69, 9.17) is 14.7 Å². The molecule has 29 heavy (non-hydrogen) atoms. The minimum Gasteiger partial charge on any atom is -0.478 e. The highest BCUT2D eigenvalue weighted by Gasteiger charge is 2.23. The number of esters is 1. The maximum absolute atomic E-state index is 12.7. The van der Waals surface area contributed by atoms with E-state index in [0.29, 0.717) is 16.3 Å². The number of anilines is 1. The van der Waals surface area contributed by atoms with Crippen molar-refractivity contribution in [2.45, 2.75) is 20.8 Å². The minimum absolute atomic E-state index is 0.157. The normalized spacial score (nSPS) is 10.6. The largest absolute Gasteiger partial charge is 0.478 e. The number of para-hydroxylation sites is 1. The summed E-state index contributed by atoms with van der Waals surface area (Å²) in [7, 11) is 0. The van der Waals surface area contributed by atoms with E-state index in [2.05, 4.69) is 5.32 Å². The Hall–Kier alpha value is -3.62. The smallest absolute Gasteiger partial charge is 0.341 e. The molecule has 0 aliphatic carbocycles. The van der Waals surface area contributed by atoms with Gasteiger partial charge in [0.1, 0.15) is 28.5 Å². The number of nitrogens with zero attached hydrogens (tertiary/aromatic N) is 2. The lowest BCUT2D eigenvalue weighted by atomic mass is 10.1. The van der Waals surface area contributed by atoms with Crippen molar-refractivity contribution in [3.8, 4) is 17.9 Å². The molecular weight excluding hydrogens is 390 g/mol. The highest BCUT2D eigenvalue weighted by molar-refractivity contribution is 7.16. The molecule has 1 heterocycles. The van der Waals surface area contributed by atoms with E-state index in [9.17, 15) is 14.9 Å². The lowest BCUT2D eigenvalue weighted by Gasteiger charge is -2.08. The summed E-state index contributed by atoms with van der Waals surface area (Å²) in [6.07, 6.45) is 1.37. The molecule has 8 heteroatoms. The zero-order valence-electron chi connectivity index (χ0n) is 16.2. The van der Waals surface area contributed by atoms with E-state index < -0.39 is 11.9 Å². The van der Waals surface area contributed by atoms with Gasteiger partial charge < -0.3 is 14.8 Å². The summed E-state index contributed by atoms with van der Waals surface area (Å²) in [5.74, 6) is -0.804. The third kappa shape index (κ3) is 5.22. The van der Waals surface area contributed by atoms with E-state index in [1.165, 1.54) is 17.4 Å². The van der Waals surface area contributed by atoms with Gasteiger partial charge in [-0.2, -0.15) is 10.5 Å². The Morgan fingerprint density at radius 2 is 1.97 bits per heavy atom. The van der Waals surface area contributed by atoms with Crippen molar-refractivity contribution >= 4 is 34.3 Å². The molecule has 0 saturated carbocycles. The zero-order chi connectivity index (χ0) is 21.4. The number of rotatable bonds is 7. The fourth-order valence-corrected chi connectivity index (χ4v) is 3.52. The second-order valence-electron chi connectivity index (χ2n) is 5.82. The van der Waals surface area contributed by atoms with Gasteiger partial charge in [-0.25, -0.2) is 4.79 Å². The van der Waals surface area contributed by atoms with Crippen molar-refractivity contribution < 1.29 is 19.1 Å². The Morgan fingerprint density at radius 3 is 2.62 bits per heavy atom. The second kappa shape index (κ2) is 10.1. The van der Waals surface area contributed by atoms with Crippen LogP contribution < -0.4 is 10.1 Å². The highest BCUT2D eigenvalue weighted by Crippen LogP contribution is 2.33. The summed E-state index contributed by atoms with van der Waals surface area (Å²) in [6.45, 7) is 5.37. The predicted molar refractivity (Wildman–Crippen MR) is 110 cm³/mol. The molecule has 1 amide bonds. The summed E-state index contributed by atoms with van der Waals surface area (Å²) in [4.78, 5) is 25.8. The van der Waals surface area contributed by atoms with Crippen molar-refractivity contribution in [2.75, 3.05) is 18.5 Å². The van der Waals surface area contributed by atoms with Crippen LogP contribution >= 0.6 is 11.3 Å². The molecule has 1 N–H and O–H groups in total. The molecule has 1 aromatic carbocycles. The average Bonchev–Trinajstić information content (AvgIpc) is 2.98. The first kappa shape index (κ1) is 21.7. The fraction of sp³-hybridized carbons (Fsp3) is 0.238. The first-order valence-electron chi connectivity index (χ1n) is 8.71. The van der Waals surface area contributed by atoms with Crippen LogP contribution in [0.2, 0.25) is 0 Å². The Labute approximate surface area is 172 Å². The number of ether oxygens (including phenoxy) is 2. The lowest BCUT2D eigenvalue weighted by molar-refractivity contribution is -0.112. The predicted octanol–water partition coefficient (Wildman–Crippen LogP) is 3.99. The summed E-state index contributed by atoms with van der Waals surface area (Å²) in [5.41, 5.74) is 1.33. The SMILES string of the molecule is CCOC(=O)c1c(NC(=O)/C(C#N)=C/c2ccccc2OCC#N)sc(C)c1C. The Morgan fingerprint density at radius 1 is 1.24 bits per heavy atom. The maximum atomic E-state index is 12.7. The maximum Gasteiger partial charge on any atom is 0.341 e. The van der Waals surface area contributed by atoms with Crippen molar-refractivity contribution in [2.24, 2.45) is 0 Å². The van der Waals surface area contributed by atoms with E-state index >= 15 is 0 Å². The van der Waals surface area contributed by atoms with Crippen LogP contribution in [0.1, 0.15) is 33.3 Å². The first-order valence-corrected chi connectivity index (χ1v) is 9.53. The average molecular weight is 409 g/mol. The first-order chi connectivity index (χ1) is 13.9. The van der Waals surface area contributed by atoms with Crippen LogP contribution in [0.3, 0.4) is 0 Å².